The highest BCUT2D eigenvalue weighted by Crippen LogP contribution is 2.31. The van der Waals surface area contributed by atoms with Gasteiger partial charge < -0.3 is 20.1 Å². The molecule has 4 rings (SSSR count). The van der Waals surface area contributed by atoms with Crippen molar-refractivity contribution in [1.29, 1.82) is 5.41 Å². The van der Waals surface area contributed by atoms with Crippen molar-refractivity contribution in [2.24, 2.45) is 0 Å². The molecular weight excluding hydrogens is 442 g/mol. The number of carbonyl (C=O) groups is 2. The zero-order chi connectivity index (χ0) is 23.4. The van der Waals surface area contributed by atoms with Crippen LogP contribution >= 0.6 is 11.6 Å². The summed E-state index contributed by atoms with van der Waals surface area (Å²) in [6, 6.07) is 11.7. The normalized spacial score (nSPS) is 16.5. The lowest BCUT2D eigenvalue weighted by atomic mass is 9.89. The molecule has 1 saturated heterocycles. The first-order valence-corrected chi connectivity index (χ1v) is 11.4. The van der Waals surface area contributed by atoms with E-state index in [1.165, 1.54) is 12.1 Å². The third-order valence-corrected chi connectivity index (χ3v) is 6.34. The van der Waals surface area contributed by atoms with Gasteiger partial charge in [-0.25, -0.2) is 4.79 Å². The minimum absolute atomic E-state index is 0.173. The van der Waals surface area contributed by atoms with E-state index in [1.807, 2.05) is 12.1 Å². The Morgan fingerprint density at radius 3 is 2.36 bits per heavy atom. The average Bonchev–Trinajstić information content (AvgIpc) is 2.84. The number of halogens is 1. The molecule has 1 aliphatic carbocycles. The molecule has 0 unspecified atom stereocenters. The molecule has 0 radical (unpaired) electrons. The zero-order valence-corrected chi connectivity index (χ0v) is 19.0. The lowest BCUT2D eigenvalue weighted by Gasteiger charge is -2.31. The van der Waals surface area contributed by atoms with Gasteiger partial charge in [0.1, 0.15) is 0 Å². The molecule has 1 heterocycles. The van der Waals surface area contributed by atoms with Crippen molar-refractivity contribution in [2.45, 2.75) is 25.7 Å². The molecule has 2 aromatic rings. The Balaban J connectivity index is 1.62. The maximum Gasteiger partial charge on any atom is 0.335 e. The summed E-state index contributed by atoms with van der Waals surface area (Å²) < 4.78 is 5.44. The van der Waals surface area contributed by atoms with Crippen molar-refractivity contribution in [2.75, 3.05) is 31.2 Å². The number of carbonyl (C=O) groups excluding carboxylic acids is 1. The van der Waals surface area contributed by atoms with E-state index in [0.717, 1.165) is 29.8 Å². The van der Waals surface area contributed by atoms with Crippen LogP contribution in [0.4, 0.5) is 5.69 Å². The summed E-state index contributed by atoms with van der Waals surface area (Å²) in [5.41, 5.74) is 3.80. The number of morpholine rings is 1. The van der Waals surface area contributed by atoms with Gasteiger partial charge in [0, 0.05) is 18.8 Å². The highest BCUT2D eigenvalue weighted by molar-refractivity contribution is 6.34. The summed E-state index contributed by atoms with van der Waals surface area (Å²) in [6.07, 6.45) is 3.18. The smallest absolute Gasteiger partial charge is 0.335 e. The number of aromatic carboxylic acids is 1. The minimum atomic E-state index is -1.01. The quantitative estimate of drug-likeness (QED) is 0.543. The summed E-state index contributed by atoms with van der Waals surface area (Å²) in [5, 5.41) is 21.3. The number of carboxylic acids is 1. The Morgan fingerprint density at radius 2 is 1.67 bits per heavy atom. The molecule has 0 spiro atoms. The Bertz CT molecular complexity index is 1110. The Morgan fingerprint density at radius 1 is 1.00 bits per heavy atom. The first kappa shape index (κ1) is 23.0. The van der Waals surface area contributed by atoms with Crippen molar-refractivity contribution in [3.05, 3.63) is 75.4 Å². The number of ether oxygens (including phenoxy) is 1. The Labute approximate surface area is 197 Å². The lowest BCUT2D eigenvalue weighted by Crippen LogP contribution is -2.38. The van der Waals surface area contributed by atoms with Gasteiger partial charge in [-0.05, 0) is 61.1 Å². The van der Waals surface area contributed by atoms with Crippen molar-refractivity contribution in [1.82, 2.24) is 5.32 Å². The van der Waals surface area contributed by atoms with E-state index in [9.17, 15) is 9.59 Å². The number of anilines is 1. The number of nitrogens with one attached hydrogen (secondary N) is 2. The van der Waals surface area contributed by atoms with Gasteiger partial charge in [0.05, 0.1) is 40.8 Å². The maximum atomic E-state index is 13.4. The first-order valence-electron chi connectivity index (χ1n) is 11.0. The predicted molar refractivity (Wildman–Crippen MR) is 128 cm³/mol. The van der Waals surface area contributed by atoms with Crippen LogP contribution in [-0.4, -0.2) is 49.0 Å². The van der Waals surface area contributed by atoms with E-state index in [4.69, 9.17) is 26.9 Å². The second kappa shape index (κ2) is 10.2. The molecule has 3 N–H and O–H groups in total. The van der Waals surface area contributed by atoms with Gasteiger partial charge in [0.25, 0.3) is 5.91 Å². The number of benzene rings is 2. The average molecular weight is 468 g/mol. The number of nitrogens with zero attached hydrogens (tertiary/aromatic N) is 1. The van der Waals surface area contributed by atoms with Crippen LogP contribution in [0.2, 0.25) is 5.02 Å². The Kier molecular flexibility index (Phi) is 7.11. The molecule has 0 aromatic heterocycles. The molecule has 7 nitrogen and oxygen atoms in total. The number of rotatable bonds is 6. The van der Waals surface area contributed by atoms with Gasteiger partial charge in [0.2, 0.25) is 0 Å². The fraction of sp³-hybridized carbons (Fsp3) is 0.320. The molecule has 0 saturated carbocycles. The predicted octanol–water partition coefficient (Wildman–Crippen LogP) is 4.50. The number of hydrogen-bond acceptors (Lipinski definition) is 5. The third-order valence-electron chi connectivity index (χ3n) is 6.03. The topological polar surface area (TPSA) is 103 Å². The summed E-state index contributed by atoms with van der Waals surface area (Å²) in [5.74, 6) is -1.29. The van der Waals surface area contributed by atoms with Gasteiger partial charge in [-0.3, -0.25) is 10.2 Å². The highest BCUT2D eigenvalue weighted by atomic mass is 35.5. The SMILES string of the molecule is N=C(C1=C(NC(=O)c2c(Cl)cccc2N2CCOCC2)CCCC1)c1ccc(C(=O)O)cc1. The monoisotopic (exact) mass is 467 g/mol. The molecule has 1 amide bonds. The van der Waals surface area contributed by atoms with Crippen LogP contribution in [0.3, 0.4) is 0 Å². The maximum absolute atomic E-state index is 13.4. The molecule has 1 aliphatic heterocycles. The molecule has 8 heteroatoms. The van der Waals surface area contributed by atoms with Gasteiger partial charge in [-0.2, -0.15) is 0 Å². The second-order valence-electron chi connectivity index (χ2n) is 8.11. The van der Waals surface area contributed by atoms with Gasteiger partial charge in [0.15, 0.2) is 0 Å². The summed E-state index contributed by atoms with van der Waals surface area (Å²) in [4.78, 5) is 26.6. The summed E-state index contributed by atoms with van der Waals surface area (Å²) in [7, 11) is 0. The second-order valence-corrected chi connectivity index (χ2v) is 8.52. The number of amides is 1. The molecule has 2 aliphatic rings. The van der Waals surface area contributed by atoms with E-state index in [-0.39, 0.29) is 11.5 Å². The molecule has 33 heavy (non-hydrogen) atoms. The zero-order valence-electron chi connectivity index (χ0n) is 18.2. The number of carboxylic acid groups (broad SMARTS) is 1. The van der Waals surface area contributed by atoms with E-state index in [1.54, 1.807) is 18.2 Å². The largest absolute Gasteiger partial charge is 0.478 e. The van der Waals surface area contributed by atoms with Crippen LogP contribution in [0.15, 0.2) is 53.7 Å². The van der Waals surface area contributed by atoms with E-state index >= 15 is 0 Å². The van der Waals surface area contributed by atoms with Gasteiger partial charge in [-0.1, -0.05) is 29.8 Å². The van der Waals surface area contributed by atoms with Crippen LogP contribution in [0.5, 0.6) is 0 Å². The van der Waals surface area contributed by atoms with Gasteiger partial charge in [-0.15, -0.1) is 0 Å². The molecule has 0 atom stereocenters. The van der Waals surface area contributed by atoms with E-state index < -0.39 is 5.97 Å². The van der Waals surface area contributed by atoms with Crippen molar-refractivity contribution in [3.63, 3.8) is 0 Å². The fourth-order valence-electron chi connectivity index (χ4n) is 4.28. The van der Waals surface area contributed by atoms with Gasteiger partial charge >= 0.3 is 5.97 Å². The highest BCUT2D eigenvalue weighted by Gasteiger charge is 2.25. The minimum Gasteiger partial charge on any atom is -0.478 e. The fourth-order valence-corrected chi connectivity index (χ4v) is 4.53. The third kappa shape index (κ3) is 5.10. The molecular formula is C25H26ClN3O4. The van der Waals surface area contributed by atoms with Crippen LogP contribution in [-0.2, 0) is 4.74 Å². The molecule has 2 aromatic carbocycles. The van der Waals surface area contributed by atoms with Crippen LogP contribution in [0.1, 0.15) is 52.0 Å². The van der Waals surface area contributed by atoms with Crippen molar-refractivity contribution < 1.29 is 19.4 Å². The van der Waals surface area contributed by atoms with Crippen molar-refractivity contribution in [3.8, 4) is 0 Å². The van der Waals surface area contributed by atoms with E-state index in [0.29, 0.717) is 61.0 Å². The number of allylic oxidation sites excluding steroid dienone is 2. The van der Waals surface area contributed by atoms with E-state index in [2.05, 4.69) is 10.2 Å². The molecule has 172 valence electrons. The summed E-state index contributed by atoms with van der Waals surface area (Å²) >= 11 is 6.47. The molecule has 0 bridgehead atoms. The van der Waals surface area contributed by atoms with Crippen LogP contribution in [0.25, 0.3) is 0 Å². The lowest BCUT2D eigenvalue weighted by molar-refractivity contribution is 0.0696. The number of hydrogen-bond donors (Lipinski definition) is 3. The molecule has 1 fully saturated rings. The Hall–Kier alpha value is -3.16. The van der Waals surface area contributed by atoms with Crippen LogP contribution < -0.4 is 10.2 Å². The summed E-state index contributed by atoms with van der Waals surface area (Å²) in [6.45, 7) is 2.57. The van der Waals surface area contributed by atoms with Crippen LogP contribution in [0, 0.1) is 5.41 Å². The standard InChI is InChI=1S/C25H26ClN3O4/c26-19-5-3-7-21(29-12-14-33-15-13-29)22(19)24(30)28-20-6-2-1-4-18(20)23(27)16-8-10-17(11-9-16)25(31)32/h3,5,7-11,27H,1-2,4,6,12-15H2,(H,28,30)(H,31,32). The first-order chi connectivity index (χ1) is 16.0. The van der Waals surface area contributed by atoms with Crippen molar-refractivity contribution >= 4 is 34.9 Å².